The fourth-order valence-electron chi connectivity index (χ4n) is 3.37. The highest BCUT2D eigenvalue weighted by Gasteiger charge is 2.35. The van der Waals surface area contributed by atoms with E-state index >= 15 is 0 Å². The summed E-state index contributed by atoms with van der Waals surface area (Å²) in [5.41, 5.74) is 3.17. The van der Waals surface area contributed by atoms with Crippen molar-refractivity contribution in [2.45, 2.75) is 39.0 Å². The van der Waals surface area contributed by atoms with Gasteiger partial charge in [0.1, 0.15) is 0 Å². The molecule has 132 valence electrons. The largest absolute Gasteiger partial charge is 0.370 e. The minimum absolute atomic E-state index is 0.00965. The second kappa shape index (κ2) is 7.81. The number of amides is 1. The van der Waals surface area contributed by atoms with Gasteiger partial charge in [-0.3, -0.25) is 9.69 Å². The van der Waals surface area contributed by atoms with Gasteiger partial charge in [-0.2, -0.15) is 0 Å². The van der Waals surface area contributed by atoms with Crippen LogP contribution < -0.4 is 5.32 Å². The summed E-state index contributed by atoms with van der Waals surface area (Å²) in [7, 11) is 0. The molecule has 1 aliphatic rings. The molecular weight excluding hydrogens is 312 g/mol. The Balaban J connectivity index is 1.67. The molecule has 3 rings (SSSR count). The van der Waals surface area contributed by atoms with E-state index in [9.17, 15) is 4.79 Å². The summed E-state index contributed by atoms with van der Waals surface area (Å²) in [6.07, 6.45) is -0.00965. The number of nitrogens with one attached hydrogen (secondary N) is 1. The molecule has 2 aromatic carbocycles. The average Bonchev–Trinajstić information content (AvgIpc) is 2.61. The van der Waals surface area contributed by atoms with Crippen molar-refractivity contribution in [3.63, 3.8) is 0 Å². The first kappa shape index (κ1) is 17.6. The quantitative estimate of drug-likeness (QED) is 0.922. The van der Waals surface area contributed by atoms with Crippen LogP contribution in [0.5, 0.6) is 0 Å². The lowest BCUT2D eigenvalue weighted by Crippen LogP contribution is -2.53. The lowest BCUT2D eigenvalue weighted by molar-refractivity contribution is -0.127. The zero-order chi connectivity index (χ0) is 17.8. The summed E-state index contributed by atoms with van der Waals surface area (Å²) in [5, 5.41) is 2.99. The van der Waals surface area contributed by atoms with Crippen LogP contribution in [0.1, 0.15) is 31.1 Å². The third-order valence-corrected chi connectivity index (χ3v) is 4.83. The van der Waals surface area contributed by atoms with Crippen molar-refractivity contribution in [3.8, 4) is 0 Å². The number of aryl methyl sites for hydroxylation is 1. The van der Waals surface area contributed by atoms with Crippen molar-refractivity contribution >= 4 is 11.6 Å². The van der Waals surface area contributed by atoms with E-state index in [0.29, 0.717) is 13.2 Å². The van der Waals surface area contributed by atoms with Crippen LogP contribution in [0, 0.1) is 6.92 Å². The number of carbonyl (C=O) groups is 1. The number of benzene rings is 2. The Hall–Kier alpha value is -2.17. The molecule has 1 N–H and O–H groups in total. The fourth-order valence-corrected chi connectivity index (χ4v) is 3.37. The maximum Gasteiger partial charge on any atom is 0.238 e. The predicted octanol–water partition coefficient (Wildman–Crippen LogP) is 3.78. The Morgan fingerprint density at radius 1 is 1.12 bits per heavy atom. The van der Waals surface area contributed by atoms with Gasteiger partial charge >= 0.3 is 0 Å². The first-order valence-electron chi connectivity index (χ1n) is 8.83. The highest BCUT2D eigenvalue weighted by molar-refractivity contribution is 5.92. The number of anilines is 1. The second-order valence-corrected chi connectivity index (χ2v) is 6.84. The Morgan fingerprint density at radius 2 is 1.80 bits per heavy atom. The minimum Gasteiger partial charge on any atom is -0.370 e. The van der Waals surface area contributed by atoms with Crippen molar-refractivity contribution in [2.75, 3.05) is 18.5 Å². The van der Waals surface area contributed by atoms with Crippen molar-refractivity contribution < 1.29 is 9.53 Å². The van der Waals surface area contributed by atoms with Gasteiger partial charge in [-0.25, -0.2) is 0 Å². The van der Waals surface area contributed by atoms with Crippen LogP contribution in [0.25, 0.3) is 0 Å². The molecule has 3 atom stereocenters. The van der Waals surface area contributed by atoms with Crippen molar-refractivity contribution in [2.24, 2.45) is 0 Å². The van der Waals surface area contributed by atoms with Crippen LogP contribution in [0.2, 0.25) is 0 Å². The third-order valence-electron chi connectivity index (χ3n) is 4.83. The van der Waals surface area contributed by atoms with Crippen LogP contribution in [0.15, 0.2) is 54.6 Å². The van der Waals surface area contributed by atoms with Crippen LogP contribution in [-0.2, 0) is 9.53 Å². The summed E-state index contributed by atoms with van der Waals surface area (Å²) in [6.45, 7) is 7.26. The van der Waals surface area contributed by atoms with E-state index in [0.717, 1.165) is 11.3 Å². The predicted molar refractivity (Wildman–Crippen MR) is 101 cm³/mol. The SMILES string of the molecule is Cc1ccc(NC(=O)CN2C(C)COC(c3ccccc3)C2C)cc1. The number of rotatable bonds is 4. The Morgan fingerprint density at radius 3 is 2.48 bits per heavy atom. The van der Waals surface area contributed by atoms with Gasteiger partial charge < -0.3 is 10.1 Å². The Labute approximate surface area is 149 Å². The topological polar surface area (TPSA) is 41.6 Å². The van der Waals surface area contributed by atoms with Gasteiger partial charge in [-0.1, -0.05) is 48.0 Å². The molecule has 25 heavy (non-hydrogen) atoms. The van der Waals surface area contributed by atoms with Gasteiger partial charge in [0.2, 0.25) is 5.91 Å². The number of hydrogen-bond acceptors (Lipinski definition) is 3. The normalized spacial score (nSPS) is 24.0. The summed E-state index contributed by atoms with van der Waals surface area (Å²) in [6, 6.07) is 18.4. The molecule has 1 aliphatic heterocycles. The van der Waals surface area contributed by atoms with Gasteiger partial charge in [0.15, 0.2) is 0 Å². The summed E-state index contributed by atoms with van der Waals surface area (Å²) in [4.78, 5) is 14.7. The molecule has 0 saturated carbocycles. The molecule has 1 heterocycles. The molecule has 1 saturated heterocycles. The van der Waals surface area contributed by atoms with E-state index in [1.54, 1.807) is 0 Å². The molecular formula is C21H26N2O2. The van der Waals surface area contributed by atoms with E-state index in [1.807, 2.05) is 49.4 Å². The maximum absolute atomic E-state index is 12.5. The van der Waals surface area contributed by atoms with Crippen LogP contribution in [-0.4, -0.2) is 36.0 Å². The van der Waals surface area contributed by atoms with E-state index in [2.05, 4.69) is 36.2 Å². The molecule has 4 nitrogen and oxygen atoms in total. The first-order valence-corrected chi connectivity index (χ1v) is 8.83. The third kappa shape index (κ3) is 4.27. The van der Waals surface area contributed by atoms with E-state index < -0.39 is 0 Å². The molecule has 0 bridgehead atoms. The maximum atomic E-state index is 12.5. The molecule has 0 radical (unpaired) electrons. The first-order chi connectivity index (χ1) is 12.0. The lowest BCUT2D eigenvalue weighted by atomic mass is 9.98. The summed E-state index contributed by atoms with van der Waals surface area (Å²) >= 11 is 0. The van der Waals surface area contributed by atoms with E-state index in [1.165, 1.54) is 5.56 Å². The van der Waals surface area contributed by atoms with Crippen LogP contribution in [0.3, 0.4) is 0 Å². The molecule has 0 spiro atoms. The van der Waals surface area contributed by atoms with Crippen LogP contribution >= 0.6 is 0 Å². The second-order valence-electron chi connectivity index (χ2n) is 6.84. The lowest BCUT2D eigenvalue weighted by Gasteiger charge is -2.43. The van der Waals surface area contributed by atoms with Crippen molar-refractivity contribution in [1.82, 2.24) is 4.90 Å². The number of hydrogen-bond donors (Lipinski definition) is 1. The van der Waals surface area contributed by atoms with Crippen molar-refractivity contribution in [1.29, 1.82) is 0 Å². The molecule has 3 unspecified atom stereocenters. The minimum atomic E-state index is -0.00965. The zero-order valence-electron chi connectivity index (χ0n) is 15.1. The number of carbonyl (C=O) groups excluding carboxylic acids is 1. The monoisotopic (exact) mass is 338 g/mol. The van der Waals surface area contributed by atoms with Gasteiger partial charge in [0.25, 0.3) is 0 Å². The molecule has 1 fully saturated rings. The molecule has 0 aromatic heterocycles. The highest BCUT2D eigenvalue weighted by atomic mass is 16.5. The van der Waals surface area contributed by atoms with Crippen molar-refractivity contribution in [3.05, 3.63) is 65.7 Å². The smallest absolute Gasteiger partial charge is 0.238 e. The highest BCUT2D eigenvalue weighted by Crippen LogP contribution is 2.30. The number of ether oxygens (including phenoxy) is 1. The number of morpholine rings is 1. The summed E-state index contributed by atoms with van der Waals surface area (Å²) in [5.74, 6) is 0.0104. The van der Waals surface area contributed by atoms with E-state index in [4.69, 9.17) is 4.74 Å². The number of nitrogens with zero attached hydrogens (tertiary/aromatic N) is 1. The average molecular weight is 338 g/mol. The Kier molecular flexibility index (Phi) is 5.51. The molecule has 4 heteroatoms. The molecule has 0 aliphatic carbocycles. The Bertz CT molecular complexity index is 700. The standard InChI is InChI=1S/C21H26N2O2/c1-15-9-11-19(12-10-15)22-20(24)13-23-16(2)14-25-21(17(23)3)18-7-5-4-6-8-18/h4-12,16-17,21H,13-14H2,1-3H3,(H,22,24). The van der Waals surface area contributed by atoms with Crippen LogP contribution in [0.4, 0.5) is 5.69 Å². The van der Waals surface area contributed by atoms with Gasteiger partial charge in [-0.05, 0) is 38.5 Å². The molecule has 2 aromatic rings. The zero-order valence-corrected chi connectivity index (χ0v) is 15.1. The fraction of sp³-hybridized carbons (Fsp3) is 0.381. The molecule has 1 amide bonds. The van der Waals surface area contributed by atoms with Gasteiger partial charge in [-0.15, -0.1) is 0 Å². The van der Waals surface area contributed by atoms with Gasteiger partial charge in [0, 0.05) is 17.8 Å². The summed E-state index contributed by atoms with van der Waals surface area (Å²) < 4.78 is 6.06. The van der Waals surface area contributed by atoms with E-state index in [-0.39, 0.29) is 24.1 Å². The van der Waals surface area contributed by atoms with Gasteiger partial charge in [0.05, 0.1) is 19.3 Å².